The molecule has 0 aromatic heterocycles. The summed E-state index contributed by atoms with van der Waals surface area (Å²) in [5.41, 5.74) is 3.56. The van der Waals surface area contributed by atoms with E-state index in [1.54, 1.807) is 6.08 Å². The molecule has 1 fully saturated rings. The molecule has 0 aromatic rings. The molecule has 1 aliphatic rings. The maximum atomic E-state index is 13.0. The monoisotopic (exact) mass is 339 g/mol. The minimum atomic E-state index is -1.05. The molecular weight excluding hydrogens is 310 g/mol. The largest absolute Gasteiger partial charge is 0.446 e. The van der Waals surface area contributed by atoms with Crippen molar-refractivity contribution in [2.75, 3.05) is 0 Å². The summed E-state index contributed by atoms with van der Waals surface area (Å²) >= 11 is 0. The fraction of sp³-hybridized carbons (Fsp3) is 0.706. The van der Waals surface area contributed by atoms with E-state index in [-0.39, 0.29) is 23.8 Å². The summed E-state index contributed by atoms with van der Waals surface area (Å²) in [5, 5.41) is 5.81. The molecule has 0 spiro atoms. The first-order valence-corrected chi connectivity index (χ1v) is 8.18. The van der Waals surface area contributed by atoms with Crippen LogP contribution in [0.4, 0.5) is 4.79 Å². The van der Waals surface area contributed by atoms with Gasteiger partial charge in [0.1, 0.15) is 11.6 Å². The van der Waals surface area contributed by atoms with Gasteiger partial charge >= 0.3 is 6.09 Å². The lowest BCUT2D eigenvalue weighted by molar-refractivity contribution is -0.141. The standard InChI is InChI=1S/C17H29N3O4/c1-6-7-8-17(19-11(2)21,14(22)20-16(3,4)5)12-9-13(10-12)24-15(18)23/h6,12-13H,1,7-10H2,2-5H3,(H2,18,23)(H,19,21)(H,20,22)/t12?,13?,17-/m1/s1. The zero-order valence-corrected chi connectivity index (χ0v) is 15.0. The van der Waals surface area contributed by atoms with Crippen LogP contribution < -0.4 is 16.4 Å². The molecule has 1 rings (SSSR count). The summed E-state index contributed by atoms with van der Waals surface area (Å²) in [5.74, 6) is -0.634. The summed E-state index contributed by atoms with van der Waals surface area (Å²) in [6, 6.07) is 0. The molecule has 4 N–H and O–H groups in total. The molecule has 1 atom stereocenters. The number of carbonyl (C=O) groups excluding carboxylic acids is 3. The topological polar surface area (TPSA) is 111 Å². The number of nitrogens with one attached hydrogen (secondary N) is 2. The fourth-order valence-corrected chi connectivity index (χ4v) is 3.05. The lowest BCUT2D eigenvalue weighted by atomic mass is 9.66. The highest BCUT2D eigenvalue weighted by atomic mass is 16.6. The van der Waals surface area contributed by atoms with Crippen LogP contribution in [0.25, 0.3) is 0 Å². The summed E-state index contributed by atoms with van der Waals surface area (Å²) in [7, 11) is 0. The van der Waals surface area contributed by atoms with Crippen LogP contribution in [-0.4, -0.2) is 35.1 Å². The highest BCUT2D eigenvalue weighted by Gasteiger charge is 2.52. The van der Waals surface area contributed by atoms with Gasteiger partial charge in [0, 0.05) is 12.5 Å². The zero-order valence-electron chi connectivity index (χ0n) is 15.0. The van der Waals surface area contributed by atoms with Crippen molar-refractivity contribution >= 4 is 17.9 Å². The van der Waals surface area contributed by atoms with Gasteiger partial charge in [-0.05, 0) is 52.4 Å². The number of primary amides is 1. The van der Waals surface area contributed by atoms with Crippen LogP contribution in [0, 0.1) is 5.92 Å². The first-order valence-electron chi connectivity index (χ1n) is 8.18. The van der Waals surface area contributed by atoms with Gasteiger partial charge in [0.15, 0.2) is 0 Å². The Morgan fingerprint density at radius 1 is 1.25 bits per heavy atom. The van der Waals surface area contributed by atoms with Crippen molar-refractivity contribution in [3.63, 3.8) is 0 Å². The maximum absolute atomic E-state index is 13.0. The second-order valence-corrected chi connectivity index (χ2v) is 7.41. The number of hydrogen-bond donors (Lipinski definition) is 3. The number of carbonyl (C=O) groups is 3. The minimum Gasteiger partial charge on any atom is -0.446 e. The molecule has 0 aromatic carbocycles. The van der Waals surface area contributed by atoms with Gasteiger partial charge in [-0.15, -0.1) is 6.58 Å². The lowest BCUT2D eigenvalue weighted by Gasteiger charge is -2.48. The SMILES string of the molecule is C=CCC[C@](NC(C)=O)(C(=O)NC(C)(C)C)C1CC(OC(N)=O)C1. The van der Waals surface area contributed by atoms with E-state index in [1.807, 2.05) is 20.8 Å². The van der Waals surface area contributed by atoms with Gasteiger partial charge in [0.2, 0.25) is 11.8 Å². The van der Waals surface area contributed by atoms with Gasteiger partial charge in [0.25, 0.3) is 0 Å². The van der Waals surface area contributed by atoms with E-state index in [1.165, 1.54) is 6.92 Å². The van der Waals surface area contributed by atoms with Gasteiger partial charge in [-0.1, -0.05) is 6.08 Å². The summed E-state index contributed by atoms with van der Waals surface area (Å²) in [6.45, 7) is 10.8. The average Bonchev–Trinajstić information content (AvgIpc) is 2.35. The van der Waals surface area contributed by atoms with Crippen LogP contribution in [-0.2, 0) is 14.3 Å². The van der Waals surface area contributed by atoms with Crippen molar-refractivity contribution in [3.8, 4) is 0 Å². The third-order valence-electron chi connectivity index (χ3n) is 4.11. The molecule has 7 nitrogen and oxygen atoms in total. The van der Waals surface area contributed by atoms with Crippen molar-refractivity contribution in [1.82, 2.24) is 10.6 Å². The van der Waals surface area contributed by atoms with Gasteiger partial charge in [-0.3, -0.25) is 9.59 Å². The number of hydrogen-bond acceptors (Lipinski definition) is 4. The second kappa shape index (κ2) is 7.68. The predicted molar refractivity (Wildman–Crippen MR) is 91.1 cm³/mol. The van der Waals surface area contributed by atoms with E-state index in [2.05, 4.69) is 17.2 Å². The predicted octanol–water partition coefficient (Wildman–Crippen LogP) is 1.62. The lowest BCUT2D eigenvalue weighted by Crippen LogP contribution is -2.67. The smallest absolute Gasteiger partial charge is 0.404 e. The Balaban J connectivity index is 3.03. The van der Waals surface area contributed by atoms with Gasteiger partial charge in [0.05, 0.1) is 0 Å². The van der Waals surface area contributed by atoms with Crippen molar-refractivity contribution in [1.29, 1.82) is 0 Å². The average molecular weight is 339 g/mol. The first kappa shape index (κ1) is 20.0. The minimum absolute atomic E-state index is 0.131. The van der Waals surface area contributed by atoms with E-state index < -0.39 is 17.2 Å². The normalized spacial score (nSPS) is 22.5. The summed E-state index contributed by atoms with van der Waals surface area (Å²) in [4.78, 5) is 35.6. The van der Waals surface area contributed by atoms with E-state index in [0.717, 1.165) is 0 Å². The Morgan fingerprint density at radius 3 is 2.25 bits per heavy atom. The number of rotatable bonds is 7. The highest BCUT2D eigenvalue weighted by molar-refractivity contribution is 5.92. The highest BCUT2D eigenvalue weighted by Crippen LogP contribution is 2.41. The van der Waals surface area contributed by atoms with E-state index in [9.17, 15) is 14.4 Å². The Hall–Kier alpha value is -2.05. The Labute approximate surface area is 143 Å². The van der Waals surface area contributed by atoms with Crippen LogP contribution in [0.5, 0.6) is 0 Å². The third kappa shape index (κ3) is 5.25. The Kier molecular flexibility index (Phi) is 6.40. The molecule has 3 amide bonds. The number of amides is 3. The van der Waals surface area contributed by atoms with E-state index in [4.69, 9.17) is 10.5 Å². The number of ether oxygens (including phenoxy) is 1. The van der Waals surface area contributed by atoms with Crippen LogP contribution in [0.2, 0.25) is 0 Å². The first-order chi connectivity index (χ1) is 11.0. The van der Waals surface area contributed by atoms with Crippen molar-refractivity contribution in [2.24, 2.45) is 11.7 Å². The van der Waals surface area contributed by atoms with Gasteiger partial charge < -0.3 is 21.1 Å². The maximum Gasteiger partial charge on any atom is 0.404 e. The van der Waals surface area contributed by atoms with Crippen LogP contribution >= 0.6 is 0 Å². The zero-order chi connectivity index (χ0) is 18.5. The molecule has 0 saturated heterocycles. The van der Waals surface area contributed by atoms with Crippen LogP contribution in [0.15, 0.2) is 12.7 Å². The summed E-state index contributed by atoms with van der Waals surface area (Å²) < 4.78 is 4.98. The molecule has 0 aliphatic heterocycles. The molecule has 0 bridgehead atoms. The molecule has 0 unspecified atom stereocenters. The molecule has 1 saturated carbocycles. The van der Waals surface area contributed by atoms with Crippen LogP contribution in [0.3, 0.4) is 0 Å². The van der Waals surface area contributed by atoms with E-state index in [0.29, 0.717) is 25.7 Å². The molecule has 0 heterocycles. The Bertz CT molecular complexity index is 506. The molecular formula is C17H29N3O4. The van der Waals surface area contributed by atoms with Gasteiger partial charge in [-0.25, -0.2) is 4.79 Å². The molecule has 0 radical (unpaired) electrons. The second-order valence-electron chi connectivity index (χ2n) is 7.41. The number of nitrogens with two attached hydrogens (primary N) is 1. The quantitative estimate of drug-likeness (QED) is 0.612. The fourth-order valence-electron chi connectivity index (χ4n) is 3.05. The number of allylic oxidation sites excluding steroid dienone is 1. The summed E-state index contributed by atoms with van der Waals surface area (Å²) in [6.07, 6.45) is 2.56. The molecule has 136 valence electrons. The van der Waals surface area contributed by atoms with Crippen LogP contribution in [0.1, 0.15) is 53.4 Å². The Morgan fingerprint density at radius 2 is 1.83 bits per heavy atom. The molecule has 1 aliphatic carbocycles. The van der Waals surface area contributed by atoms with Gasteiger partial charge in [-0.2, -0.15) is 0 Å². The van der Waals surface area contributed by atoms with Crippen molar-refractivity contribution < 1.29 is 19.1 Å². The van der Waals surface area contributed by atoms with Crippen molar-refractivity contribution in [2.45, 2.75) is 70.6 Å². The van der Waals surface area contributed by atoms with E-state index >= 15 is 0 Å². The molecule has 7 heteroatoms. The molecule has 24 heavy (non-hydrogen) atoms. The third-order valence-corrected chi connectivity index (χ3v) is 4.11. The van der Waals surface area contributed by atoms with Crippen molar-refractivity contribution in [3.05, 3.63) is 12.7 Å².